The van der Waals surface area contributed by atoms with E-state index in [4.69, 9.17) is 0 Å². The third kappa shape index (κ3) is 3.97. The van der Waals surface area contributed by atoms with Crippen LogP contribution in [0.4, 0.5) is 32.0 Å². The zero-order valence-electron chi connectivity index (χ0n) is 13.7. The van der Waals surface area contributed by atoms with Gasteiger partial charge in [0, 0.05) is 11.9 Å². The van der Waals surface area contributed by atoms with Gasteiger partial charge in [-0.1, -0.05) is 18.2 Å². The van der Waals surface area contributed by atoms with Crippen LogP contribution in [0.3, 0.4) is 0 Å². The van der Waals surface area contributed by atoms with Crippen molar-refractivity contribution >= 4 is 11.6 Å². The highest BCUT2D eigenvalue weighted by molar-refractivity contribution is 6.05. The van der Waals surface area contributed by atoms with Gasteiger partial charge in [-0.2, -0.15) is 31.4 Å². The highest BCUT2D eigenvalue weighted by Crippen LogP contribution is 2.34. The first kappa shape index (κ1) is 19.4. The maximum absolute atomic E-state index is 13.5. The molecule has 0 spiro atoms. The number of anilines is 1. The van der Waals surface area contributed by atoms with Gasteiger partial charge < -0.3 is 5.32 Å². The lowest BCUT2D eigenvalue weighted by Crippen LogP contribution is -2.21. The Bertz CT molecular complexity index is 978. The molecule has 0 fully saturated rings. The minimum absolute atomic E-state index is 0.265. The summed E-state index contributed by atoms with van der Waals surface area (Å²) in [6.45, 7) is 0. The van der Waals surface area contributed by atoms with Crippen molar-refractivity contribution in [2.45, 2.75) is 12.4 Å². The van der Waals surface area contributed by atoms with Gasteiger partial charge in [0.05, 0.1) is 17.3 Å². The average molecular weight is 400 g/mol. The van der Waals surface area contributed by atoms with Crippen molar-refractivity contribution in [3.8, 4) is 5.82 Å². The summed E-state index contributed by atoms with van der Waals surface area (Å²) in [6.07, 6.45) is -8.63. The minimum atomic E-state index is -5.01. The van der Waals surface area contributed by atoms with E-state index in [1.54, 1.807) is 18.2 Å². The number of rotatable bonds is 3. The number of para-hydroxylation sites is 1. The lowest BCUT2D eigenvalue weighted by atomic mass is 10.2. The summed E-state index contributed by atoms with van der Waals surface area (Å²) in [5.74, 6) is -1.59. The molecule has 0 saturated carbocycles. The molecule has 1 aromatic carbocycles. The highest BCUT2D eigenvalue weighted by Gasteiger charge is 2.41. The third-order valence-corrected chi connectivity index (χ3v) is 3.61. The second-order valence-electron chi connectivity index (χ2n) is 5.54. The molecule has 0 atom stereocenters. The Morgan fingerprint density at radius 3 is 2.11 bits per heavy atom. The molecule has 1 N–H and O–H groups in total. The van der Waals surface area contributed by atoms with Crippen LogP contribution in [-0.2, 0) is 12.4 Å². The molecule has 2 aromatic heterocycles. The van der Waals surface area contributed by atoms with Crippen LogP contribution in [-0.4, -0.2) is 20.7 Å². The van der Waals surface area contributed by atoms with Gasteiger partial charge in [0.25, 0.3) is 5.91 Å². The molecule has 0 aliphatic rings. The largest absolute Gasteiger partial charge is 0.434 e. The molecule has 3 rings (SSSR count). The number of pyridine rings is 1. The molecular weight excluding hydrogens is 390 g/mol. The Balaban J connectivity index is 2.01. The summed E-state index contributed by atoms with van der Waals surface area (Å²) in [6, 6.07) is 9.09. The van der Waals surface area contributed by atoms with Crippen LogP contribution in [0.15, 0.2) is 54.9 Å². The van der Waals surface area contributed by atoms with E-state index < -0.39 is 40.9 Å². The summed E-state index contributed by atoms with van der Waals surface area (Å²) in [4.78, 5) is 15.7. The molecule has 28 heavy (non-hydrogen) atoms. The predicted molar refractivity (Wildman–Crippen MR) is 85.8 cm³/mol. The second kappa shape index (κ2) is 6.98. The number of benzene rings is 1. The Morgan fingerprint density at radius 1 is 0.893 bits per heavy atom. The molecule has 11 heteroatoms. The quantitative estimate of drug-likeness (QED) is 0.656. The number of halogens is 6. The molecule has 146 valence electrons. The number of alkyl halides is 6. The SMILES string of the molecule is O=C(Nc1ccccc1)c1cnn(-c2ccc(C(F)(F)F)cn2)c1C(F)(F)F. The first-order valence-electron chi connectivity index (χ1n) is 7.62. The molecular formula is C17H10F6N4O. The number of nitrogens with zero attached hydrogens (tertiary/aromatic N) is 3. The van der Waals surface area contributed by atoms with E-state index in [-0.39, 0.29) is 10.4 Å². The molecule has 3 aromatic rings. The molecule has 0 saturated heterocycles. The van der Waals surface area contributed by atoms with Crippen molar-refractivity contribution in [2.24, 2.45) is 0 Å². The monoisotopic (exact) mass is 400 g/mol. The number of hydrogen-bond donors (Lipinski definition) is 1. The van der Waals surface area contributed by atoms with E-state index in [1.165, 1.54) is 12.1 Å². The van der Waals surface area contributed by atoms with E-state index in [2.05, 4.69) is 15.4 Å². The lowest BCUT2D eigenvalue weighted by molar-refractivity contribution is -0.143. The van der Waals surface area contributed by atoms with Gasteiger partial charge in [0.2, 0.25) is 0 Å². The van der Waals surface area contributed by atoms with Gasteiger partial charge in [-0.25, -0.2) is 9.67 Å². The molecule has 0 bridgehead atoms. The van der Waals surface area contributed by atoms with E-state index in [9.17, 15) is 31.1 Å². The molecule has 5 nitrogen and oxygen atoms in total. The average Bonchev–Trinajstić information content (AvgIpc) is 3.08. The fourth-order valence-electron chi connectivity index (χ4n) is 2.36. The van der Waals surface area contributed by atoms with Crippen molar-refractivity contribution in [3.05, 3.63) is 71.7 Å². The Morgan fingerprint density at radius 2 is 1.57 bits per heavy atom. The molecule has 2 heterocycles. The minimum Gasteiger partial charge on any atom is -0.322 e. The van der Waals surface area contributed by atoms with Crippen LogP contribution in [0.1, 0.15) is 21.6 Å². The van der Waals surface area contributed by atoms with Crippen molar-refractivity contribution in [1.29, 1.82) is 0 Å². The van der Waals surface area contributed by atoms with E-state index in [0.717, 1.165) is 6.07 Å². The topological polar surface area (TPSA) is 59.8 Å². The normalized spacial score (nSPS) is 12.1. The third-order valence-electron chi connectivity index (χ3n) is 3.61. The Labute approximate surface area is 153 Å². The maximum Gasteiger partial charge on any atom is 0.434 e. The Hall–Kier alpha value is -3.37. The molecule has 0 aliphatic heterocycles. The summed E-state index contributed by atoms with van der Waals surface area (Å²) in [7, 11) is 0. The van der Waals surface area contributed by atoms with Crippen LogP contribution in [0.5, 0.6) is 0 Å². The molecule has 0 radical (unpaired) electrons. The first-order chi connectivity index (χ1) is 13.1. The van der Waals surface area contributed by atoms with Gasteiger partial charge in [0.1, 0.15) is 0 Å². The van der Waals surface area contributed by atoms with Crippen molar-refractivity contribution in [1.82, 2.24) is 14.8 Å². The van der Waals surface area contributed by atoms with E-state index >= 15 is 0 Å². The molecule has 0 aliphatic carbocycles. The lowest BCUT2D eigenvalue weighted by Gasteiger charge is -2.13. The summed E-state index contributed by atoms with van der Waals surface area (Å²) in [5, 5.41) is 5.80. The van der Waals surface area contributed by atoms with E-state index in [0.29, 0.717) is 18.5 Å². The van der Waals surface area contributed by atoms with Gasteiger partial charge >= 0.3 is 12.4 Å². The van der Waals surface area contributed by atoms with Crippen LogP contribution < -0.4 is 5.32 Å². The number of aromatic nitrogens is 3. The highest BCUT2D eigenvalue weighted by atomic mass is 19.4. The maximum atomic E-state index is 13.5. The van der Waals surface area contributed by atoms with Crippen LogP contribution in [0.2, 0.25) is 0 Å². The number of amides is 1. The number of hydrogen-bond acceptors (Lipinski definition) is 3. The number of carbonyl (C=O) groups excluding carboxylic acids is 1. The number of nitrogens with one attached hydrogen (secondary N) is 1. The van der Waals surface area contributed by atoms with Gasteiger partial charge in [-0.05, 0) is 24.3 Å². The Kier molecular flexibility index (Phi) is 4.84. The summed E-state index contributed by atoms with van der Waals surface area (Å²) in [5.41, 5.74) is -3.11. The van der Waals surface area contributed by atoms with Crippen LogP contribution >= 0.6 is 0 Å². The van der Waals surface area contributed by atoms with Gasteiger partial charge in [0.15, 0.2) is 11.5 Å². The zero-order valence-corrected chi connectivity index (χ0v) is 13.7. The first-order valence-corrected chi connectivity index (χ1v) is 7.62. The molecule has 1 amide bonds. The summed E-state index contributed by atoms with van der Waals surface area (Å²) < 4.78 is 78.8. The fourth-order valence-corrected chi connectivity index (χ4v) is 2.36. The second-order valence-corrected chi connectivity index (χ2v) is 5.54. The standard InChI is InChI=1S/C17H10F6N4O/c18-16(19,20)10-6-7-13(24-8-10)27-14(17(21,22)23)12(9-25-27)15(28)26-11-4-2-1-3-5-11/h1-9H,(H,26,28). The van der Waals surface area contributed by atoms with Crippen LogP contribution in [0.25, 0.3) is 5.82 Å². The van der Waals surface area contributed by atoms with Crippen molar-refractivity contribution in [3.63, 3.8) is 0 Å². The van der Waals surface area contributed by atoms with Gasteiger partial charge in [-0.3, -0.25) is 4.79 Å². The van der Waals surface area contributed by atoms with E-state index in [1.807, 2.05) is 0 Å². The van der Waals surface area contributed by atoms with Gasteiger partial charge in [-0.15, -0.1) is 0 Å². The van der Waals surface area contributed by atoms with Crippen molar-refractivity contribution < 1.29 is 31.1 Å². The molecule has 0 unspecified atom stereocenters. The predicted octanol–water partition coefficient (Wildman–Crippen LogP) is 4.56. The summed E-state index contributed by atoms with van der Waals surface area (Å²) >= 11 is 0. The smallest absolute Gasteiger partial charge is 0.322 e. The van der Waals surface area contributed by atoms with Crippen LogP contribution in [0, 0.1) is 0 Å². The zero-order chi connectivity index (χ0) is 20.5. The number of carbonyl (C=O) groups is 1. The van der Waals surface area contributed by atoms with Crippen molar-refractivity contribution in [2.75, 3.05) is 5.32 Å². The fraction of sp³-hybridized carbons (Fsp3) is 0.118.